The van der Waals surface area contributed by atoms with Gasteiger partial charge in [-0.05, 0) is 48.8 Å². The second-order valence-corrected chi connectivity index (χ2v) is 6.31. The second-order valence-electron chi connectivity index (χ2n) is 6.31. The van der Waals surface area contributed by atoms with E-state index in [9.17, 15) is 0 Å². The number of para-hydroxylation sites is 1. The lowest BCUT2D eigenvalue weighted by molar-refractivity contribution is 0.415. The van der Waals surface area contributed by atoms with Gasteiger partial charge < -0.3 is 9.66 Å². The number of hydrogen-bond acceptors (Lipinski definition) is 4. The SMILES string of the molecule is COc1ccc(C2=NB(c3ccc(C)cc3)N(c3ccccc3)N2)cc1. The molecule has 0 aromatic heterocycles. The van der Waals surface area contributed by atoms with E-state index in [1.807, 2.05) is 42.5 Å². The number of methoxy groups -OCH3 is 1. The van der Waals surface area contributed by atoms with Crippen molar-refractivity contribution in [3.05, 3.63) is 90.0 Å². The molecule has 0 saturated carbocycles. The van der Waals surface area contributed by atoms with Crippen molar-refractivity contribution in [3.63, 3.8) is 0 Å². The van der Waals surface area contributed by atoms with Crippen LogP contribution in [0.15, 0.2) is 83.8 Å². The van der Waals surface area contributed by atoms with Gasteiger partial charge in [0.15, 0.2) is 0 Å². The van der Waals surface area contributed by atoms with E-state index >= 15 is 0 Å². The number of nitrogens with zero attached hydrogens (tertiary/aromatic N) is 2. The minimum Gasteiger partial charge on any atom is -0.497 e. The molecule has 0 bridgehead atoms. The average molecular weight is 341 g/mol. The summed E-state index contributed by atoms with van der Waals surface area (Å²) in [5.74, 6) is 1.68. The lowest BCUT2D eigenvalue weighted by Crippen LogP contribution is -2.50. The van der Waals surface area contributed by atoms with E-state index in [4.69, 9.17) is 9.64 Å². The molecule has 1 aliphatic rings. The number of amidine groups is 1. The third-order valence-electron chi connectivity index (χ3n) is 4.50. The third kappa shape index (κ3) is 3.16. The third-order valence-corrected chi connectivity index (χ3v) is 4.50. The van der Waals surface area contributed by atoms with Crippen LogP contribution >= 0.6 is 0 Å². The Balaban J connectivity index is 1.72. The monoisotopic (exact) mass is 341 g/mol. The molecule has 4 rings (SSSR count). The normalized spacial score (nSPS) is 13.4. The topological polar surface area (TPSA) is 36.9 Å². The smallest absolute Gasteiger partial charge is 0.451 e. The molecular formula is C21H20BN3O. The van der Waals surface area contributed by atoms with Gasteiger partial charge in [-0.2, -0.15) is 0 Å². The van der Waals surface area contributed by atoms with Crippen molar-refractivity contribution in [3.8, 4) is 5.75 Å². The molecule has 0 amide bonds. The number of aryl methyl sites for hydroxylation is 1. The van der Waals surface area contributed by atoms with Gasteiger partial charge in [-0.3, -0.25) is 10.3 Å². The van der Waals surface area contributed by atoms with Crippen LogP contribution in [0, 0.1) is 6.92 Å². The molecule has 128 valence electrons. The standard InChI is InChI=1S/C21H20BN3O/c1-16-8-12-18(13-9-16)22-23-21(17-10-14-20(26-2)15-11-17)24-25(22)19-6-4-3-5-7-19/h3-15H,1-2H3,(H,23,24). The first-order chi connectivity index (χ1) is 12.7. The highest BCUT2D eigenvalue weighted by atomic mass is 16.5. The number of hydrazine groups is 1. The minimum absolute atomic E-state index is 0.116. The molecule has 0 fully saturated rings. The molecular weight excluding hydrogens is 321 g/mol. The van der Waals surface area contributed by atoms with Crippen molar-refractivity contribution in [2.75, 3.05) is 12.0 Å². The average Bonchev–Trinajstić information content (AvgIpc) is 3.15. The van der Waals surface area contributed by atoms with Crippen molar-refractivity contribution in [1.82, 2.24) is 5.43 Å². The first-order valence-corrected chi connectivity index (χ1v) is 8.64. The molecule has 1 aliphatic heterocycles. The molecule has 0 spiro atoms. The van der Waals surface area contributed by atoms with Gasteiger partial charge >= 0.3 is 6.98 Å². The molecule has 0 saturated heterocycles. The summed E-state index contributed by atoms with van der Waals surface area (Å²) < 4.78 is 5.25. The van der Waals surface area contributed by atoms with Crippen LogP contribution in [-0.4, -0.2) is 19.9 Å². The highest BCUT2D eigenvalue weighted by Crippen LogP contribution is 2.20. The van der Waals surface area contributed by atoms with Crippen LogP contribution in [0.5, 0.6) is 5.75 Å². The van der Waals surface area contributed by atoms with Crippen LogP contribution in [0.25, 0.3) is 0 Å². The lowest BCUT2D eigenvalue weighted by Gasteiger charge is -2.23. The Labute approximate surface area is 154 Å². The fraction of sp³-hybridized carbons (Fsp3) is 0.0952. The minimum atomic E-state index is -0.116. The van der Waals surface area contributed by atoms with Gasteiger partial charge in [0.2, 0.25) is 0 Å². The van der Waals surface area contributed by atoms with Crippen LogP contribution in [0.1, 0.15) is 11.1 Å². The summed E-state index contributed by atoms with van der Waals surface area (Å²) in [6.07, 6.45) is 0. The van der Waals surface area contributed by atoms with E-state index in [2.05, 4.69) is 53.7 Å². The highest BCUT2D eigenvalue weighted by molar-refractivity contribution is 6.77. The first kappa shape index (κ1) is 16.3. The fourth-order valence-corrected chi connectivity index (χ4v) is 3.03. The maximum atomic E-state index is 5.25. The maximum absolute atomic E-state index is 5.25. The Hall–Kier alpha value is -3.21. The molecule has 3 aromatic rings. The lowest BCUT2D eigenvalue weighted by atomic mass is 9.68. The number of benzene rings is 3. The summed E-state index contributed by atoms with van der Waals surface area (Å²) in [6.45, 7) is 1.98. The van der Waals surface area contributed by atoms with E-state index in [0.717, 1.165) is 28.3 Å². The molecule has 0 unspecified atom stereocenters. The van der Waals surface area contributed by atoms with Gasteiger partial charge in [-0.25, -0.2) is 0 Å². The Morgan fingerprint density at radius 1 is 0.885 bits per heavy atom. The highest BCUT2D eigenvalue weighted by Gasteiger charge is 2.33. The van der Waals surface area contributed by atoms with Crippen LogP contribution in [0.3, 0.4) is 0 Å². The Morgan fingerprint density at radius 2 is 1.58 bits per heavy atom. The summed E-state index contributed by atoms with van der Waals surface area (Å²) in [7, 11) is 1.67. The van der Waals surface area contributed by atoms with Crippen molar-refractivity contribution in [2.45, 2.75) is 6.92 Å². The molecule has 0 aliphatic carbocycles. The Kier molecular flexibility index (Phi) is 4.36. The fourth-order valence-electron chi connectivity index (χ4n) is 3.03. The molecule has 3 aromatic carbocycles. The molecule has 0 radical (unpaired) electrons. The van der Waals surface area contributed by atoms with Gasteiger partial charge in [0, 0.05) is 11.3 Å². The van der Waals surface area contributed by atoms with E-state index in [1.165, 1.54) is 5.56 Å². The van der Waals surface area contributed by atoms with E-state index in [-0.39, 0.29) is 6.98 Å². The summed E-state index contributed by atoms with van der Waals surface area (Å²) in [5, 5.41) is 0. The van der Waals surface area contributed by atoms with Crippen molar-refractivity contribution >= 4 is 24.0 Å². The van der Waals surface area contributed by atoms with Crippen molar-refractivity contribution in [2.24, 2.45) is 4.90 Å². The summed E-state index contributed by atoms with van der Waals surface area (Å²) in [6, 6.07) is 26.7. The molecule has 0 atom stereocenters. The predicted molar refractivity (Wildman–Crippen MR) is 108 cm³/mol. The van der Waals surface area contributed by atoms with Crippen LogP contribution < -0.4 is 20.5 Å². The number of nitrogens with one attached hydrogen (secondary N) is 1. The van der Waals surface area contributed by atoms with Gasteiger partial charge in [0.25, 0.3) is 0 Å². The van der Waals surface area contributed by atoms with Crippen molar-refractivity contribution in [1.29, 1.82) is 0 Å². The Morgan fingerprint density at radius 3 is 2.23 bits per heavy atom. The number of anilines is 1. The summed E-state index contributed by atoms with van der Waals surface area (Å²) in [4.78, 5) is 7.06. The van der Waals surface area contributed by atoms with E-state index in [1.54, 1.807) is 7.11 Å². The van der Waals surface area contributed by atoms with Crippen LogP contribution in [0.4, 0.5) is 5.69 Å². The summed E-state index contributed by atoms with van der Waals surface area (Å²) >= 11 is 0. The molecule has 1 heterocycles. The van der Waals surface area contributed by atoms with Crippen LogP contribution in [0.2, 0.25) is 0 Å². The number of ether oxygens (including phenoxy) is 1. The molecule has 4 nitrogen and oxygen atoms in total. The predicted octanol–water partition coefficient (Wildman–Crippen LogP) is 3.17. The quantitative estimate of drug-likeness (QED) is 0.741. The molecule has 1 N–H and O–H groups in total. The molecule has 26 heavy (non-hydrogen) atoms. The maximum Gasteiger partial charge on any atom is 0.451 e. The van der Waals surface area contributed by atoms with Gasteiger partial charge in [0.05, 0.1) is 7.11 Å². The van der Waals surface area contributed by atoms with E-state index in [0.29, 0.717) is 0 Å². The van der Waals surface area contributed by atoms with Gasteiger partial charge in [-0.1, -0.05) is 48.0 Å². The largest absolute Gasteiger partial charge is 0.497 e. The zero-order valence-corrected chi connectivity index (χ0v) is 14.9. The van der Waals surface area contributed by atoms with Gasteiger partial charge in [-0.15, -0.1) is 0 Å². The van der Waals surface area contributed by atoms with E-state index < -0.39 is 0 Å². The number of rotatable bonds is 4. The second kappa shape index (κ2) is 6.96. The zero-order valence-electron chi connectivity index (χ0n) is 14.9. The Bertz CT molecular complexity index is 908. The number of hydrogen-bond donors (Lipinski definition) is 1. The first-order valence-electron chi connectivity index (χ1n) is 8.64. The van der Waals surface area contributed by atoms with Crippen molar-refractivity contribution < 1.29 is 4.74 Å². The zero-order chi connectivity index (χ0) is 17.9. The summed E-state index contributed by atoms with van der Waals surface area (Å²) in [5.41, 5.74) is 7.96. The van der Waals surface area contributed by atoms with Gasteiger partial charge in [0.1, 0.15) is 11.6 Å². The molecule has 5 heteroatoms. The van der Waals surface area contributed by atoms with Crippen LogP contribution in [-0.2, 0) is 0 Å².